The first-order chi connectivity index (χ1) is 16.8. The molecule has 2 aliphatic rings. The third-order valence-corrected chi connectivity index (χ3v) is 7.68. The molecule has 1 fully saturated rings. The Bertz CT molecular complexity index is 1340. The van der Waals surface area contributed by atoms with Gasteiger partial charge in [-0.3, -0.25) is 9.59 Å². The van der Waals surface area contributed by atoms with Crippen LogP contribution in [0.2, 0.25) is 0 Å². The summed E-state index contributed by atoms with van der Waals surface area (Å²) in [7, 11) is 1.62. The van der Waals surface area contributed by atoms with Crippen LogP contribution in [0.25, 0.3) is 10.9 Å². The van der Waals surface area contributed by atoms with Gasteiger partial charge < -0.3 is 24.8 Å². The lowest BCUT2D eigenvalue weighted by Gasteiger charge is -2.35. The van der Waals surface area contributed by atoms with Gasteiger partial charge in [-0.1, -0.05) is 17.4 Å². The van der Waals surface area contributed by atoms with Gasteiger partial charge >= 0.3 is 0 Å². The van der Waals surface area contributed by atoms with E-state index in [1.807, 2.05) is 38.2 Å². The number of carbonyl (C=O) groups is 2. The van der Waals surface area contributed by atoms with Crippen molar-refractivity contribution >= 4 is 39.2 Å². The predicted molar refractivity (Wildman–Crippen MR) is 134 cm³/mol. The van der Waals surface area contributed by atoms with Crippen molar-refractivity contribution in [3.63, 3.8) is 0 Å². The highest BCUT2D eigenvalue weighted by Gasteiger charge is 2.35. The summed E-state index contributed by atoms with van der Waals surface area (Å²) in [5.41, 5.74) is 3.12. The fourth-order valence-electron chi connectivity index (χ4n) is 4.80. The van der Waals surface area contributed by atoms with Crippen molar-refractivity contribution in [3.8, 4) is 6.07 Å². The first-order valence-corrected chi connectivity index (χ1v) is 12.5. The number of hydrogen-bond acceptors (Lipinski definition) is 7. The molecular formula is C25H28N6O3S. The maximum absolute atomic E-state index is 12.6. The Kier molecular flexibility index (Phi) is 5.99. The van der Waals surface area contributed by atoms with Gasteiger partial charge in [-0.15, -0.1) is 0 Å². The summed E-state index contributed by atoms with van der Waals surface area (Å²) in [6.07, 6.45) is 3.43. The molecule has 5 rings (SSSR count). The number of fused-ring (bicyclic) bond motifs is 2. The van der Waals surface area contributed by atoms with Crippen LogP contribution in [0.5, 0.6) is 0 Å². The summed E-state index contributed by atoms with van der Waals surface area (Å²) in [4.78, 5) is 37.7. The summed E-state index contributed by atoms with van der Waals surface area (Å²) in [5.74, 6) is -0.233. The van der Waals surface area contributed by atoms with Crippen LogP contribution in [-0.4, -0.2) is 71.6 Å². The third kappa shape index (κ3) is 4.49. The summed E-state index contributed by atoms with van der Waals surface area (Å²) in [5, 5.41) is 13.8. The molecule has 0 aliphatic carbocycles. The molecule has 2 aliphatic heterocycles. The molecule has 10 heteroatoms. The number of rotatable bonds is 5. The van der Waals surface area contributed by atoms with Crippen LogP contribution < -0.4 is 10.2 Å². The average molecular weight is 493 g/mol. The molecule has 182 valence electrons. The minimum Gasteiger partial charge on any atom is -0.377 e. The fourth-order valence-corrected chi connectivity index (χ4v) is 5.88. The second-order valence-corrected chi connectivity index (χ2v) is 10.8. The molecule has 1 aromatic carbocycles. The molecule has 2 N–H and O–H groups in total. The van der Waals surface area contributed by atoms with E-state index in [4.69, 9.17) is 15.0 Å². The first-order valence-electron chi connectivity index (χ1n) is 11.6. The zero-order chi connectivity index (χ0) is 24.7. The molecule has 0 unspecified atom stereocenters. The number of anilines is 1. The molecule has 1 saturated heterocycles. The van der Waals surface area contributed by atoms with Crippen molar-refractivity contribution in [1.29, 1.82) is 5.26 Å². The maximum atomic E-state index is 12.6. The first kappa shape index (κ1) is 23.3. The van der Waals surface area contributed by atoms with E-state index in [9.17, 15) is 9.59 Å². The van der Waals surface area contributed by atoms with Crippen LogP contribution >= 0.6 is 11.3 Å². The zero-order valence-electron chi connectivity index (χ0n) is 20.1. The summed E-state index contributed by atoms with van der Waals surface area (Å²) >= 11 is 1.46. The Labute approximate surface area is 207 Å². The fraction of sp³-hybridized carbons (Fsp3) is 0.440. The van der Waals surface area contributed by atoms with Crippen molar-refractivity contribution in [3.05, 3.63) is 46.1 Å². The molecule has 9 nitrogen and oxygen atoms in total. The third-order valence-electron chi connectivity index (χ3n) is 6.55. The van der Waals surface area contributed by atoms with Crippen molar-refractivity contribution in [2.45, 2.75) is 38.3 Å². The van der Waals surface area contributed by atoms with E-state index < -0.39 is 0 Å². The monoisotopic (exact) mass is 492 g/mol. The number of morpholine rings is 1. The Morgan fingerprint density at radius 3 is 3.06 bits per heavy atom. The van der Waals surface area contributed by atoms with Gasteiger partial charge in [-0.05, 0) is 38.0 Å². The topological polar surface area (TPSA) is 114 Å². The second-order valence-electron chi connectivity index (χ2n) is 9.81. The van der Waals surface area contributed by atoms with Gasteiger partial charge in [0.05, 0.1) is 31.0 Å². The molecule has 2 amide bonds. The van der Waals surface area contributed by atoms with E-state index in [1.54, 1.807) is 13.1 Å². The Morgan fingerprint density at radius 1 is 1.43 bits per heavy atom. The standard InChI is InChI=1S/C25H28N6O3S/c1-25(2)12-20-21(22(32)29-25)35-24(28-20)31-8-9-34-14-17(31)10-16-13-27-19-11-15(4-5-18(16)19)23(33)30(3)7-6-26/h4-5,11,13,17,27H,7-10,12,14H2,1-3H3,(H,29,32)/t17-/m0/s1. The van der Waals surface area contributed by atoms with E-state index in [0.29, 0.717) is 36.6 Å². The van der Waals surface area contributed by atoms with Gasteiger partial charge in [0, 0.05) is 48.2 Å². The van der Waals surface area contributed by atoms with E-state index in [0.717, 1.165) is 33.7 Å². The second kappa shape index (κ2) is 8.98. The Hall–Kier alpha value is -3.42. The average Bonchev–Trinajstić information content (AvgIpc) is 3.42. The highest BCUT2D eigenvalue weighted by molar-refractivity contribution is 7.17. The number of benzene rings is 1. The molecule has 35 heavy (non-hydrogen) atoms. The molecule has 0 radical (unpaired) electrons. The number of hydrogen-bond donors (Lipinski definition) is 2. The normalized spacial score (nSPS) is 19.2. The minimum absolute atomic E-state index is 0.0453. The van der Waals surface area contributed by atoms with Gasteiger partial charge in [0.2, 0.25) is 0 Å². The highest BCUT2D eigenvalue weighted by Crippen LogP contribution is 2.34. The van der Waals surface area contributed by atoms with Crippen LogP contribution in [-0.2, 0) is 17.6 Å². The number of amides is 2. The largest absolute Gasteiger partial charge is 0.377 e. The molecule has 0 bridgehead atoms. The quantitative estimate of drug-likeness (QED) is 0.530. The van der Waals surface area contributed by atoms with E-state index >= 15 is 0 Å². The number of ether oxygens (including phenoxy) is 1. The molecule has 2 aromatic heterocycles. The number of thiazole rings is 1. The number of nitriles is 1. The number of H-pyrrole nitrogens is 1. The highest BCUT2D eigenvalue weighted by atomic mass is 32.1. The van der Waals surface area contributed by atoms with Gasteiger partial charge in [-0.2, -0.15) is 5.26 Å². The number of nitrogens with zero attached hydrogens (tertiary/aromatic N) is 4. The van der Waals surface area contributed by atoms with Gasteiger partial charge in [0.1, 0.15) is 11.4 Å². The van der Waals surface area contributed by atoms with Crippen LogP contribution in [0.4, 0.5) is 5.13 Å². The van der Waals surface area contributed by atoms with Crippen LogP contribution in [0.15, 0.2) is 24.4 Å². The van der Waals surface area contributed by atoms with Crippen LogP contribution in [0.3, 0.4) is 0 Å². The lowest BCUT2D eigenvalue weighted by molar-refractivity contribution is 0.0811. The van der Waals surface area contributed by atoms with Crippen LogP contribution in [0, 0.1) is 11.3 Å². The van der Waals surface area contributed by atoms with Crippen LogP contribution in [0.1, 0.15) is 45.1 Å². The van der Waals surface area contributed by atoms with Crippen molar-refractivity contribution in [2.75, 3.05) is 38.3 Å². The molecule has 4 heterocycles. The molecule has 0 spiro atoms. The predicted octanol–water partition coefficient (Wildman–Crippen LogP) is 2.73. The molecule has 3 aromatic rings. The number of aromatic nitrogens is 2. The Morgan fingerprint density at radius 2 is 2.26 bits per heavy atom. The maximum Gasteiger partial charge on any atom is 0.263 e. The summed E-state index contributed by atoms with van der Waals surface area (Å²) in [6, 6.07) is 7.67. The van der Waals surface area contributed by atoms with Gasteiger partial charge in [-0.25, -0.2) is 4.98 Å². The lowest BCUT2D eigenvalue weighted by Crippen LogP contribution is -2.48. The number of nitrogens with one attached hydrogen (secondary N) is 2. The zero-order valence-corrected chi connectivity index (χ0v) is 20.9. The van der Waals surface area contributed by atoms with E-state index in [2.05, 4.69) is 15.2 Å². The number of aromatic amines is 1. The smallest absolute Gasteiger partial charge is 0.263 e. The number of carbonyl (C=O) groups excluding carboxylic acids is 2. The molecular weight excluding hydrogens is 464 g/mol. The minimum atomic E-state index is -0.298. The van der Waals surface area contributed by atoms with Gasteiger partial charge in [0.25, 0.3) is 11.8 Å². The van der Waals surface area contributed by atoms with Crippen molar-refractivity contribution < 1.29 is 14.3 Å². The van der Waals surface area contributed by atoms with Crippen molar-refractivity contribution in [2.24, 2.45) is 0 Å². The Balaban J connectivity index is 1.38. The van der Waals surface area contributed by atoms with Gasteiger partial charge in [0.15, 0.2) is 5.13 Å². The SMILES string of the molecule is CN(CC#N)C(=O)c1ccc2c(C[C@H]3COCCN3c3nc4c(s3)C(=O)NC(C)(C)C4)c[nH]c2c1. The summed E-state index contributed by atoms with van der Waals surface area (Å²) < 4.78 is 5.82. The molecule has 0 saturated carbocycles. The summed E-state index contributed by atoms with van der Waals surface area (Å²) in [6.45, 7) is 5.99. The van der Waals surface area contributed by atoms with E-state index in [1.165, 1.54) is 16.2 Å². The lowest BCUT2D eigenvalue weighted by atomic mass is 9.94. The van der Waals surface area contributed by atoms with E-state index in [-0.39, 0.29) is 29.9 Å². The molecule has 1 atom stereocenters. The van der Waals surface area contributed by atoms with Crippen molar-refractivity contribution in [1.82, 2.24) is 20.2 Å².